The minimum absolute atomic E-state index is 0.129. The zero-order valence-corrected chi connectivity index (χ0v) is 12.2. The summed E-state index contributed by atoms with van der Waals surface area (Å²) in [5, 5.41) is 3.19. The fraction of sp³-hybridized carbons (Fsp3) is 0.500. The van der Waals surface area contributed by atoms with Crippen molar-refractivity contribution in [3.05, 3.63) is 17.2 Å². The number of hydrogen-bond acceptors (Lipinski definition) is 4. The molecule has 1 aromatic carbocycles. The van der Waals surface area contributed by atoms with Crippen molar-refractivity contribution in [2.24, 2.45) is 5.73 Å². The van der Waals surface area contributed by atoms with E-state index < -0.39 is 0 Å². The molecule has 0 spiro atoms. The molecule has 1 heterocycles. The van der Waals surface area contributed by atoms with Crippen molar-refractivity contribution in [3.8, 4) is 11.5 Å². The zero-order chi connectivity index (χ0) is 14.5. The Kier molecular flexibility index (Phi) is 5.09. The number of amides is 1. The lowest BCUT2D eigenvalue weighted by molar-refractivity contribution is -0.116. The van der Waals surface area contributed by atoms with Gasteiger partial charge in [0.25, 0.3) is 0 Å². The number of nitrogens with one attached hydrogen (secondary N) is 1. The van der Waals surface area contributed by atoms with Gasteiger partial charge in [-0.2, -0.15) is 0 Å². The first-order valence-corrected chi connectivity index (χ1v) is 7.12. The van der Waals surface area contributed by atoms with E-state index in [1.54, 1.807) is 12.1 Å². The molecule has 0 bridgehead atoms. The fourth-order valence-corrected chi connectivity index (χ4v) is 2.27. The van der Waals surface area contributed by atoms with Crippen LogP contribution in [0.5, 0.6) is 11.5 Å². The third kappa shape index (κ3) is 3.77. The largest absolute Gasteiger partial charge is 0.486 e. The summed E-state index contributed by atoms with van der Waals surface area (Å²) in [7, 11) is 0. The van der Waals surface area contributed by atoms with Crippen LogP contribution in [0.3, 0.4) is 0 Å². The Labute approximate surface area is 123 Å². The molecule has 1 aromatic rings. The predicted molar refractivity (Wildman–Crippen MR) is 78.6 cm³/mol. The van der Waals surface area contributed by atoms with E-state index in [0.717, 1.165) is 12.8 Å². The molecule has 1 unspecified atom stereocenters. The Morgan fingerprint density at radius 2 is 2.05 bits per heavy atom. The third-order valence-electron chi connectivity index (χ3n) is 3.01. The number of halogens is 1. The lowest BCUT2D eigenvalue weighted by atomic mass is 10.1. The molecule has 0 aliphatic carbocycles. The Morgan fingerprint density at radius 3 is 2.70 bits per heavy atom. The van der Waals surface area contributed by atoms with Crippen LogP contribution in [0.15, 0.2) is 12.1 Å². The molecule has 1 aliphatic heterocycles. The molecular weight excluding hydrogens is 280 g/mol. The van der Waals surface area contributed by atoms with Gasteiger partial charge in [-0.05, 0) is 6.42 Å². The van der Waals surface area contributed by atoms with E-state index in [9.17, 15) is 4.79 Å². The van der Waals surface area contributed by atoms with Gasteiger partial charge in [-0.25, -0.2) is 0 Å². The summed E-state index contributed by atoms with van der Waals surface area (Å²) in [6.45, 7) is 3.03. The van der Waals surface area contributed by atoms with Crippen LogP contribution in [-0.2, 0) is 4.79 Å². The highest BCUT2D eigenvalue weighted by Crippen LogP contribution is 2.37. The van der Waals surface area contributed by atoms with Gasteiger partial charge in [0.05, 0.1) is 10.7 Å². The van der Waals surface area contributed by atoms with Gasteiger partial charge in [0.1, 0.15) is 13.2 Å². The topological polar surface area (TPSA) is 73.6 Å². The number of anilines is 1. The van der Waals surface area contributed by atoms with Gasteiger partial charge >= 0.3 is 0 Å². The van der Waals surface area contributed by atoms with Crippen LogP contribution in [0, 0.1) is 0 Å². The summed E-state index contributed by atoms with van der Waals surface area (Å²) < 4.78 is 10.9. The smallest absolute Gasteiger partial charge is 0.225 e. The van der Waals surface area contributed by atoms with Crippen LogP contribution in [0.4, 0.5) is 5.69 Å². The first kappa shape index (κ1) is 14.9. The molecule has 0 radical (unpaired) electrons. The highest BCUT2D eigenvalue weighted by atomic mass is 35.5. The van der Waals surface area contributed by atoms with Crippen LogP contribution in [0.25, 0.3) is 0 Å². The number of fused-ring (bicyclic) bond motifs is 1. The molecule has 0 aromatic heterocycles. The first-order chi connectivity index (χ1) is 9.60. The average molecular weight is 299 g/mol. The van der Waals surface area contributed by atoms with Crippen LogP contribution in [0.2, 0.25) is 5.02 Å². The van der Waals surface area contributed by atoms with Crippen LogP contribution in [-0.4, -0.2) is 25.2 Å². The summed E-state index contributed by atoms with van der Waals surface area (Å²) >= 11 is 6.12. The molecule has 20 heavy (non-hydrogen) atoms. The van der Waals surface area contributed by atoms with E-state index in [0.29, 0.717) is 35.4 Å². The Morgan fingerprint density at radius 1 is 1.40 bits per heavy atom. The van der Waals surface area contributed by atoms with E-state index in [1.165, 1.54) is 0 Å². The second-order valence-electron chi connectivity index (χ2n) is 4.78. The summed E-state index contributed by atoms with van der Waals surface area (Å²) in [6, 6.07) is 3.20. The standard InChI is InChI=1S/C14H19ClN2O3/c1-2-3-9(16)6-14(18)17-11-8-13-12(7-10(11)15)19-4-5-20-13/h7-9H,2-6,16H2,1H3,(H,17,18). The zero-order valence-electron chi connectivity index (χ0n) is 11.4. The maximum atomic E-state index is 11.9. The van der Waals surface area contributed by atoms with Crippen molar-refractivity contribution in [2.45, 2.75) is 32.2 Å². The van der Waals surface area contributed by atoms with Gasteiger partial charge < -0.3 is 20.5 Å². The van der Waals surface area contributed by atoms with Gasteiger partial charge in [-0.3, -0.25) is 4.79 Å². The van der Waals surface area contributed by atoms with Crippen LogP contribution in [0.1, 0.15) is 26.2 Å². The molecule has 1 amide bonds. The molecule has 1 atom stereocenters. The molecule has 2 rings (SSSR count). The van der Waals surface area contributed by atoms with Crippen molar-refractivity contribution in [2.75, 3.05) is 18.5 Å². The quantitative estimate of drug-likeness (QED) is 0.876. The van der Waals surface area contributed by atoms with Gasteiger partial charge in [-0.15, -0.1) is 0 Å². The lowest BCUT2D eigenvalue weighted by Crippen LogP contribution is -2.27. The first-order valence-electron chi connectivity index (χ1n) is 6.74. The van der Waals surface area contributed by atoms with Gasteiger partial charge in [0.15, 0.2) is 11.5 Å². The van der Waals surface area contributed by atoms with E-state index in [2.05, 4.69) is 5.32 Å². The Balaban J connectivity index is 2.03. The summed E-state index contributed by atoms with van der Waals surface area (Å²) in [5.74, 6) is 1.04. The maximum Gasteiger partial charge on any atom is 0.225 e. The highest BCUT2D eigenvalue weighted by Gasteiger charge is 2.17. The van der Waals surface area contributed by atoms with Crippen molar-refractivity contribution in [1.29, 1.82) is 0 Å². The van der Waals surface area contributed by atoms with E-state index in [1.807, 2.05) is 6.92 Å². The minimum atomic E-state index is -0.149. The molecule has 0 saturated carbocycles. The number of ether oxygens (including phenoxy) is 2. The van der Waals surface area contributed by atoms with Gasteiger partial charge in [0.2, 0.25) is 5.91 Å². The molecule has 110 valence electrons. The lowest BCUT2D eigenvalue weighted by Gasteiger charge is -2.20. The summed E-state index contributed by atoms with van der Waals surface area (Å²) in [4.78, 5) is 11.9. The number of carbonyl (C=O) groups is 1. The van der Waals surface area contributed by atoms with E-state index >= 15 is 0 Å². The van der Waals surface area contributed by atoms with Crippen molar-refractivity contribution in [3.63, 3.8) is 0 Å². The predicted octanol–water partition coefficient (Wildman–Crippen LogP) is 2.57. The molecule has 1 aliphatic rings. The number of carbonyl (C=O) groups excluding carboxylic acids is 1. The Hall–Kier alpha value is -1.46. The third-order valence-corrected chi connectivity index (χ3v) is 3.33. The molecule has 0 fully saturated rings. The van der Waals surface area contributed by atoms with Crippen LogP contribution >= 0.6 is 11.6 Å². The minimum Gasteiger partial charge on any atom is -0.486 e. The van der Waals surface area contributed by atoms with Crippen LogP contribution < -0.4 is 20.5 Å². The second-order valence-corrected chi connectivity index (χ2v) is 5.18. The maximum absolute atomic E-state index is 11.9. The van der Waals surface area contributed by atoms with Gasteiger partial charge in [0, 0.05) is 24.6 Å². The SMILES string of the molecule is CCCC(N)CC(=O)Nc1cc2c(cc1Cl)OCCO2. The Bertz CT molecular complexity index is 494. The number of nitrogens with two attached hydrogens (primary N) is 1. The number of benzene rings is 1. The summed E-state index contributed by atoms with van der Waals surface area (Å²) in [6.07, 6.45) is 2.06. The second kappa shape index (κ2) is 6.81. The highest BCUT2D eigenvalue weighted by molar-refractivity contribution is 6.34. The number of hydrogen-bond donors (Lipinski definition) is 2. The van der Waals surface area contributed by atoms with Crippen molar-refractivity contribution in [1.82, 2.24) is 0 Å². The normalized spacial score (nSPS) is 14.8. The summed E-state index contributed by atoms with van der Waals surface area (Å²) in [5.41, 5.74) is 6.37. The molecular formula is C14H19ClN2O3. The number of rotatable bonds is 5. The van der Waals surface area contributed by atoms with Gasteiger partial charge in [-0.1, -0.05) is 24.9 Å². The van der Waals surface area contributed by atoms with Crippen molar-refractivity contribution >= 4 is 23.2 Å². The fourth-order valence-electron chi connectivity index (χ4n) is 2.07. The van der Waals surface area contributed by atoms with Crippen molar-refractivity contribution < 1.29 is 14.3 Å². The monoisotopic (exact) mass is 298 g/mol. The molecule has 6 heteroatoms. The molecule has 5 nitrogen and oxygen atoms in total. The molecule has 0 saturated heterocycles. The van der Waals surface area contributed by atoms with E-state index in [-0.39, 0.29) is 18.4 Å². The van der Waals surface area contributed by atoms with E-state index in [4.69, 9.17) is 26.8 Å². The molecule has 3 N–H and O–H groups in total. The average Bonchev–Trinajstić information content (AvgIpc) is 2.39.